The molecule has 0 radical (unpaired) electrons. The maximum absolute atomic E-state index is 15.0. The Kier molecular flexibility index (Phi) is 13.6. The molecule has 0 aliphatic carbocycles. The van der Waals surface area contributed by atoms with E-state index in [4.69, 9.17) is 33.2 Å². The molecule has 0 bridgehead atoms. The predicted octanol–water partition coefficient (Wildman–Crippen LogP) is 7.40. The molecule has 14 nitrogen and oxygen atoms in total. The summed E-state index contributed by atoms with van der Waals surface area (Å²) in [6.07, 6.45) is 0.262. The molecule has 3 aromatic carbocycles. The number of nitrogens with zero attached hydrogens (tertiary/aromatic N) is 2. The number of ether oxygens (including phenoxy) is 7. The fraction of sp³-hybridized carbons (Fsp3) is 0.565. The normalized spacial score (nSPS) is 23.7. The van der Waals surface area contributed by atoms with Crippen molar-refractivity contribution in [2.24, 2.45) is 0 Å². The number of esters is 1. The number of nitrogens with one attached hydrogen (secondary N) is 1. The van der Waals surface area contributed by atoms with Crippen LogP contribution in [0, 0.1) is 20.8 Å². The lowest BCUT2D eigenvalue weighted by Gasteiger charge is -2.48. The highest BCUT2D eigenvalue weighted by Gasteiger charge is 2.51. The van der Waals surface area contributed by atoms with Crippen LogP contribution in [0.3, 0.4) is 0 Å². The molecular formula is C46H63N3O11S. The van der Waals surface area contributed by atoms with Gasteiger partial charge in [-0.05, 0) is 108 Å². The van der Waals surface area contributed by atoms with Crippen LogP contribution in [0.4, 0.5) is 4.79 Å². The number of likely N-dealkylation sites (N-methyl/N-ethyl adjacent to an activating group) is 1. The van der Waals surface area contributed by atoms with E-state index in [0.717, 1.165) is 22.3 Å². The lowest BCUT2D eigenvalue weighted by atomic mass is 9.83. The van der Waals surface area contributed by atoms with Gasteiger partial charge in [-0.25, -0.2) is 9.59 Å². The molecule has 5 atom stereocenters. The number of phenolic OH excluding ortho intramolecular Hbond substituents is 2. The second-order valence-electron chi connectivity index (χ2n) is 17.1. The summed E-state index contributed by atoms with van der Waals surface area (Å²) in [6, 6.07) is 4.32. The number of aromatic hydroxyl groups is 2. The SMILES string of the molecule is CC.COc1cc2c(cc1OC(=O)OC(C)(C)C)CCN[C@]21CSC(C)C2C(N(C)C)c3c(cc(C)c(OC)c3O)CCN2C(c2c(C)c(O)c(C)c3c2OCO3)COC1=O. The molecule has 4 unspecified atom stereocenters. The van der Waals surface area contributed by atoms with Crippen molar-refractivity contribution in [3.63, 3.8) is 0 Å². The second kappa shape index (κ2) is 18.0. The highest BCUT2D eigenvalue weighted by atomic mass is 32.2. The monoisotopic (exact) mass is 865 g/mol. The number of carbonyl (C=O) groups is 2. The number of hydrogen-bond acceptors (Lipinski definition) is 15. The number of methoxy groups -OCH3 is 2. The fourth-order valence-corrected chi connectivity index (χ4v) is 10.8. The molecule has 4 aliphatic rings. The van der Waals surface area contributed by atoms with Gasteiger partial charge in [0.2, 0.25) is 6.79 Å². The third kappa shape index (κ3) is 8.38. The Morgan fingerprint density at radius 1 is 0.934 bits per heavy atom. The Balaban J connectivity index is 0.00000307. The molecule has 4 aliphatic heterocycles. The highest BCUT2D eigenvalue weighted by molar-refractivity contribution is 8.00. The zero-order chi connectivity index (χ0) is 44.7. The summed E-state index contributed by atoms with van der Waals surface area (Å²) in [5.74, 6) is 1.85. The molecule has 15 heteroatoms. The number of carbonyl (C=O) groups excluding carboxylic acids is 2. The smallest absolute Gasteiger partial charge is 0.507 e. The van der Waals surface area contributed by atoms with Gasteiger partial charge in [0.1, 0.15) is 18.0 Å². The first-order valence-electron chi connectivity index (χ1n) is 21.0. The van der Waals surface area contributed by atoms with Crippen molar-refractivity contribution in [2.75, 3.05) is 60.6 Å². The molecule has 7 rings (SSSR count). The van der Waals surface area contributed by atoms with Gasteiger partial charge in [-0.2, -0.15) is 11.8 Å². The molecule has 1 fully saturated rings. The van der Waals surface area contributed by atoms with Gasteiger partial charge in [0.05, 0.1) is 26.3 Å². The first-order chi connectivity index (χ1) is 28.9. The second-order valence-corrected chi connectivity index (χ2v) is 18.4. The summed E-state index contributed by atoms with van der Waals surface area (Å²) < 4.78 is 41.3. The van der Waals surface area contributed by atoms with Crippen LogP contribution in [-0.4, -0.2) is 110 Å². The number of rotatable bonds is 5. The number of thioether (sulfide) groups is 1. The Labute approximate surface area is 364 Å². The van der Waals surface area contributed by atoms with E-state index in [-0.39, 0.29) is 59.5 Å². The molecule has 61 heavy (non-hydrogen) atoms. The Bertz CT molecular complexity index is 2150. The largest absolute Gasteiger partial charge is 0.514 e. The van der Waals surface area contributed by atoms with E-state index in [2.05, 4.69) is 28.1 Å². The number of cyclic esters (lactones) is 1. The van der Waals surface area contributed by atoms with Crippen molar-refractivity contribution >= 4 is 23.9 Å². The summed E-state index contributed by atoms with van der Waals surface area (Å²) in [4.78, 5) is 32.3. The van der Waals surface area contributed by atoms with Crippen molar-refractivity contribution in [1.82, 2.24) is 15.1 Å². The number of aryl methyl sites for hydroxylation is 1. The summed E-state index contributed by atoms with van der Waals surface area (Å²) in [5.41, 5.74) is 3.83. The van der Waals surface area contributed by atoms with Crippen molar-refractivity contribution in [3.8, 4) is 40.2 Å². The molecule has 1 saturated heterocycles. The zero-order valence-electron chi connectivity index (χ0n) is 37.9. The molecule has 0 saturated carbocycles. The van der Waals surface area contributed by atoms with Gasteiger partial charge in [0.15, 0.2) is 40.0 Å². The quantitative estimate of drug-likeness (QED) is 0.172. The van der Waals surface area contributed by atoms with Gasteiger partial charge in [-0.3, -0.25) is 10.2 Å². The van der Waals surface area contributed by atoms with Crippen LogP contribution >= 0.6 is 11.8 Å². The molecule has 0 aromatic heterocycles. The molecule has 1 spiro atoms. The van der Waals surface area contributed by atoms with Crippen LogP contribution in [0.25, 0.3) is 0 Å². The molecular weight excluding hydrogens is 803 g/mol. The summed E-state index contributed by atoms with van der Waals surface area (Å²) in [7, 11) is 7.07. The lowest BCUT2D eigenvalue weighted by molar-refractivity contribution is -0.154. The number of phenols is 2. The Morgan fingerprint density at radius 3 is 2.30 bits per heavy atom. The van der Waals surface area contributed by atoms with Crippen LogP contribution in [0.15, 0.2) is 18.2 Å². The Hall–Kier alpha value is -4.57. The van der Waals surface area contributed by atoms with E-state index in [1.807, 2.05) is 41.8 Å². The first-order valence-corrected chi connectivity index (χ1v) is 22.1. The number of fused-ring (bicyclic) bond motifs is 5. The average Bonchev–Trinajstić information content (AvgIpc) is 3.63. The van der Waals surface area contributed by atoms with Gasteiger partial charge >= 0.3 is 12.1 Å². The van der Waals surface area contributed by atoms with E-state index < -0.39 is 29.3 Å². The van der Waals surface area contributed by atoms with Crippen molar-refractivity contribution < 1.29 is 53.0 Å². The van der Waals surface area contributed by atoms with Gasteiger partial charge in [0, 0.05) is 46.8 Å². The van der Waals surface area contributed by atoms with Gasteiger partial charge in [-0.1, -0.05) is 26.8 Å². The summed E-state index contributed by atoms with van der Waals surface area (Å²) in [6.45, 7) is 17.9. The van der Waals surface area contributed by atoms with Crippen LogP contribution in [0.2, 0.25) is 0 Å². The summed E-state index contributed by atoms with van der Waals surface area (Å²) >= 11 is 1.63. The fourth-order valence-electron chi connectivity index (χ4n) is 9.37. The first kappa shape index (κ1) is 45.9. The lowest BCUT2D eigenvalue weighted by Crippen LogP contribution is -2.58. The summed E-state index contributed by atoms with van der Waals surface area (Å²) in [5, 5.41) is 27.0. The molecule has 3 aromatic rings. The van der Waals surface area contributed by atoms with E-state index in [9.17, 15) is 15.0 Å². The van der Waals surface area contributed by atoms with Crippen molar-refractivity contribution in [1.29, 1.82) is 0 Å². The maximum atomic E-state index is 15.0. The standard InChI is InChI=1S/C44H57N3O11S.C2H6/c1-22-16-27-13-15-47-29(32-23(2)36(48)24(3)39-40(32)56-21-55-39)19-54-41(50)44(20-59-25(4)34(47)35(46(8)9)33(27)37(49)38(22)53-11)28-18-30(52-10)31(17-26(28)12-14-45-44)57-42(51)58-43(5,6)7;1-2/h16-18,25,29,34-35,45,48-49H,12-15,19-21H2,1-11H3;1-2H3/t25?,29?,34?,35?,44-;/m1./s1. The predicted molar refractivity (Wildman–Crippen MR) is 234 cm³/mol. The minimum absolute atomic E-state index is 0.0156. The molecule has 334 valence electrons. The van der Waals surface area contributed by atoms with Gasteiger partial charge in [-0.15, -0.1) is 0 Å². The number of benzene rings is 3. The highest BCUT2D eigenvalue weighted by Crippen LogP contribution is 2.53. The molecule has 4 heterocycles. The van der Waals surface area contributed by atoms with Gasteiger partial charge in [0.25, 0.3) is 0 Å². The molecule has 0 amide bonds. The van der Waals surface area contributed by atoms with E-state index in [1.54, 1.807) is 58.7 Å². The van der Waals surface area contributed by atoms with Crippen LogP contribution in [0.5, 0.6) is 40.2 Å². The third-order valence-electron chi connectivity index (χ3n) is 12.0. The minimum Gasteiger partial charge on any atom is -0.507 e. The molecule has 3 N–H and O–H groups in total. The van der Waals surface area contributed by atoms with Gasteiger partial charge < -0.3 is 48.3 Å². The van der Waals surface area contributed by atoms with Crippen LogP contribution in [0.1, 0.15) is 98.1 Å². The number of hydrogen-bond donors (Lipinski definition) is 3. The average molecular weight is 866 g/mol. The van der Waals surface area contributed by atoms with Crippen molar-refractivity contribution in [3.05, 3.63) is 62.7 Å². The zero-order valence-corrected chi connectivity index (χ0v) is 38.7. The van der Waals surface area contributed by atoms with Crippen molar-refractivity contribution in [2.45, 2.75) is 110 Å². The van der Waals surface area contributed by atoms with E-state index in [0.29, 0.717) is 65.4 Å². The third-order valence-corrected chi connectivity index (χ3v) is 13.4. The van der Waals surface area contributed by atoms with Crippen LogP contribution < -0.4 is 29.0 Å². The Morgan fingerprint density at radius 2 is 1.64 bits per heavy atom. The van der Waals surface area contributed by atoms with E-state index in [1.165, 1.54) is 7.11 Å². The topological polar surface area (TPSA) is 158 Å². The van der Waals surface area contributed by atoms with Crippen LogP contribution in [-0.2, 0) is 32.6 Å². The van der Waals surface area contributed by atoms with E-state index >= 15 is 4.79 Å². The minimum atomic E-state index is -1.33. The maximum Gasteiger partial charge on any atom is 0.514 e.